The molecule has 0 bridgehead atoms. The minimum Gasteiger partial charge on any atom is -0.381 e. The number of H-pyrrole nitrogens is 1. The summed E-state index contributed by atoms with van der Waals surface area (Å²) >= 11 is 5.34. The first-order valence-electron chi connectivity index (χ1n) is 5.85. The van der Waals surface area contributed by atoms with Gasteiger partial charge < -0.3 is 14.3 Å². The number of hydrogen-bond donors (Lipinski definition) is 1. The van der Waals surface area contributed by atoms with Gasteiger partial charge in [-0.25, -0.2) is 0 Å². The van der Waals surface area contributed by atoms with E-state index < -0.39 is 0 Å². The standard InChI is InChI=1S/C12H20N2OS/c1-12(2,3)10-6-13-11(16)14(10)7-9-4-5-15-8-9/h6,9H,4-5,7-8H2,1-3H3,(H,13,16). The molecule has 0 radical (unpaired) electrons. The molecule has 1 aliphatic heterocycles. The highest BCUT2D eigenvalue weighted by Crippen LogP contribution is 2.24. The average Bonchev–Trinajstić information content (AvgIpc) is 2.76. The van der Waals surface area contributed by atoms with E-state index in [1.54, 1.807) is 0 Å². The van der Waals surface area contributed by atoms with Crippen LogP contribution in [-0.4, -0.2) is 22.8 Å². The molecule has 1 fully saturated rings. The highest BCUT2D eigenvalue weighted by molar-refractivity contribution is 7.71. The number of hydrogen-bond acceptors (Lipinski definition) is 2. The molecule has 0 spiro atoms. The summed E-state index contributed by atoms with van der Waals surface area (Å²) in [5.41, 5.74) is 1.41. The second kappa shape index (κ2) is 4.34. The third-order valence-electron chi connectivity index (χ3n) is 3.10. The lowest BCUT2D eigenvalue weighted by molar-refractivity contribution is 0.182. The molecule has 2 rings (SSSR count). The number of aromatic amines is 1. The lowest BCUT2D eigenvalue weighted by atomic mass is 9.92. The summed E-state index contributed by atoms with van der Waals surface area (Å²) in [4.78, 5) is 3.15. The van der Waals surface area contributed by atoms with E-state index in [0.29, 0.717) is 5.92 Å². The second-order valence-corrected chi connectivity index (χ2v) is 5.96. The van der Waals surface area contributed by atoms with E-state index in [9.17, 15) is 0 Å². The van der Waals surface area contributed by atoms with E-state index in [4.69, 9.17) is 17.0 Å². The van der Waals surface area contributed by atoms with E-state index in [1.807, 2.05) is 6.20 Å². The van der Waals surface area contributed by atoms with Crippen molar-refractivity contribution in [2.24, 2.45) is 5.92 Å². The molecule has 1 unspecified atom stereocenters. The van der Waals surface area contributed by atoms with E-state index in [-0.39, 0.29) is 5.41 Å². The van der Waals surface area contributed by atoms with Gasteiger partial charge in [0.05, 0.1) is 6.61 Å². The predicted octanol–water partition coefficient (Wildman–Crippen LogP) is 2.88. The first-order valence-corrected chi connectivity index (χ1v) is 6.26. The smallest absolute Gasteiger partial charge is 0.177 e. The number of ether oxygens (including phenoxy) is 1. The molecule has 3 nitrogen and oxygen atoms in total. The Morgan fingerprint density at radius 1 is 1.56 bits per heavy atom. The Balaban J connectivity index is 2.25. The fraction of sp³-hybridized carbons (Fsp3) is 0.750. The SMILES string of the molecule is CC(C)(C)c1c[nH]c(=S)n1CC1CCOC1. The molecule has 16 heavy (non-hydrogen) atoms. The third kappa shape index (κ3) is 2.38. The van der Waals surface area contributed by atoms with E-state index in [2.05, 4.69) is 30.3 Å². The normalized spacial score (nSPS) is 21.6. The van der Waals surface area contributed by atoms with Crippen LogP contribution in [0.15, 0.2) is 6.20 Å². The van der Waals surface area contributed by atoms with Crippen LogP contribution in [0.1, 0.15) is 32.9 Å². The van der Waals surface area contributed by atoms with Crippen LogP contribution in [0.25, 0.3) is 0 Å². The summed E-state index contributed by atoms with van der Waals surface area (Å²) in [5, 5.41) is 0. The summed E-state index contributed by atoms with van der Waals surface area (Å²) < 4.78 is 8.47. The Morgan fingerprint density at radius 2 is 2.31 bits per heavy atom. The van der Waals surface area contributed by atoms with Crippen LogP contribution in [0.2, 0.25) is 0 Å². The van der Waals surface area contributed by atoms with Gasteiger partial charge in [0.25, 0.3) is 0 Å². The van der Waals surface area contributed by atoms with E-state index in [1.165, 1.54) is 5.69 Å². The van der Waals surface area contributed by atoms with Crippen molar-refractivity contribution in [3.8, 4) is 0 Å². The topological polar surface area (TPSA) is 29.9 Å². The van der Waals surface area contributed by atoms with Gasteiger partial charge in [-0.15, -0.1) is 0 Å². The van der Waals surface area contributed by atoms with Gasteiger partial charge in [0.1, 0.15) is 0 Å². The molecule has 1 aromatic heterocycles. The molecule has 0 aliphatic carbocycles. The number of nitrogens with one attached hydrogen (secondary N) is 1. The van der Waals surface area contributed by atoms with Gasteiger partial charge in [-0.3, -0.25) is 0 Å². The zero-order valence-electron chi connectivity index (χ0n) is 10.2. The van der Waals surface area contributed by atoms with Crippen molar-refractivity contribution >= 4 is 12.2 Å². The fourth-order valence-electron chi connectivity index (χ4n) is 2.18. The summed E-state index contributed by atoms with van der Waals surface area (Å²) in [6.07, 6.45) is 3.19. The van der Waals surface area contributed by atoms with Crippen LogP contribution in [0.3, 0.4) is 0 Å². The lowest BCUT2D eigenvalue weighted by Crippen LogP contribution is -2.21. The lowest BCUT2D eigenvalue weighted by Gasteiger charge is -2.22. The molecule has 1 atom stereocenters. The van der Waals surface area contributed by atoms with E-state index in [0.717, 1.165) is 31.0 Å². The minimum atomic E-state index is 0.132. The van der Waals surface area contributed by atoms with Crippen molar-refractivity contribution in [1.29, 1.82) is 0 Å². The van der Waals surface area contributed by atoms with Gasteiger partial charge in [0, 0.05) is 36.4 Å². The molecule has 2 heterocycles. The monoisotopic (exact) mass is 240 g/mol. The molecule has 4 heteroatoms. The van der Waals surface area contributed by atoms with E-state index >= 15 is 0 Å². The van der Waals surface area contributed by atoms with Crippen molar-refractivity contribution in [2.75, 3.05) is 13.2 Å². The Labute approximate surface area is 102 Å². The van der Waals surface area contributed by atoms with Crippen molar-refractivity contribution in [3.63, 3.8) is 0 Å². The van der Waals surface area contributed by atoms with Crippen LogP contribution in [-0.2, 0) is 16.7 Å². The van der Waals surface area contributed by atoms with Crippen molar-refractivity contribution in [1.82, 2.24) is 9.55 Å². The third-order valence-corrected chi connectivity index (χ3v) is 3.44. The zero-order valence-corrected chi connectivity index (χ0v) is 11.1. The van der Waals surface area contributed by atoms with Crippen molar-refractivity contribution in [2.45, 2.75) is 39.2 Å². The van der Waals surface area contributed by atoms with Gasteiger partial charge in [-0.05, 0) is 18.6 Å². The Morgan fingerprint density at radius 3 is 2.88 bits per heavy atom. The fourth-order valence-corrected chi connectivity index (χ4v) is 2.42. The molecule has 0 saturated carbocycles. The number of rotatable bonds is 2. The predicted molar refractivity (Wildman–Crippen MR) is 67.2 cm³/mol. The molecule has 0 aromatic carbocycles. The average molecular weight is 240 g/mol. The van der Waals surface area contributed by atoms with Crippen LogP contribution < -0.4 is 0 Å². The zero-order chi connectivity index (χ0) is 11.8. The molecule has 1 aromatic rings. The second-order valence-electron chi connectivity index (χ2n) is 5.57. The Kier molecular flexibility index (Phi) is 3.22. The Hall–Kier alpha value is -0.610. The molecular weight excluding hydrogens is 220 g/mol. The maximum absolute atomic E-state index is 5.41. The highest BCUT2D eigenvalue weighted by atomic mass is 32.1. The molecule has 1 saturated heterocycles. The molecule has 1 aliphatic rings. The first-order chi connectivity index (χ1) is 7.48. The van der Waals surface area contributed by atoms with Crippen LogP contribution >= 0.6 is 12.2 Å². The van der Waals surface area contributed by atoms with Crippen molar-refractivity contribution < 1.29 is 4.74 Å². The largest absolute Gasteiger partial charge is 0.381 e. The quantitative estimate of drug-likeness (QED) is 0.806. The van der Waals surface area contributed by atoms with Crippen LogP contribution in [0, 0.1) is 10.7 Å². The number of aromatic nitrogens is 2. The van der Waals surface area contributed by atoms with Crippen LogP contribution in [0.5, 0.6) is 0 Å². The highest BCUT2D eigenvalue weighted by Gasteiger charge is 2.22. The number of imidazole rings is 1. The van der Waals surface area contributed by atoms with Gasteiger partial charge >= 0.3 is 0 Å². The van der Waals surface area contributed by atoms with Gasteiger partial charge in [-0.1, -0.05) is 20.8 Å². The summed E-state index contributed by atoms with van der Waals surface area (Å²) in [5.74, 6) is 0.614. The summed E-state index contributed by atoms with van der Waals surface area (Å²) in [6, 6.07) is 0. The van der Waals surface area contributed by atoms with Crippen molar-refractivity contribution in [3.05, 3.63) is 16.7 Å². The minimum absolute atomic E-state index is 0.132. The molecule has 1 N–H and O–H groups in total. The van der Waals surface area contributed by atoms with Gasteiger partial charge in [0.2, 0.25) is 0 Å². The van der Waals surface area contributed by atoms with Gasteiger partial charge in [0.15, 0.2) is 4.77 Å². The van der Waals surface area contributed by atoms with Gasteiger partial charge in [-0.2, -0.15) is 0 Å². The summed E-state index contributed by atoms with van der Waals surface area (Å²) in [7, 11) is 0. The maximum atomic E-state index is 5.41. The maximum Gasteiger partial charge on any atom is 0.177 e. The first kappa shape index (κ1) is 11.9. The Bertz CT molecular complexity index is 407. The molecular formula is C12H20N2OS. The summed E-state index contributed by atoms with van der Waals surface area (Å²) in [6.45, 7) is 9.39. The molecule has 90 valence electrons. The number of nitrogens with zero attached hydrogens (tertiary/aromatic N) is 1. The van der Waals surface area contributed by atoms with Crippen LogP contribution in [0.4, 0.5) is 0 Å². The molecule has 0 amide bonds.